The fourth-order valence-electron chi connectivity index (χ4n) is 2.36. The molecule has 0 radical (unpaired) electrons. The summed E-state index contributed by atoms with van der Waals surface area (Å²) in [7, 11) is 0. The van der Waals surface area contributed by atoms with Gasteiger partial charge in [0.2, 0.25) is 0 Å². The van der Waals surface area contributed by atoms with Crippen molar-refractivity contribution < 1.29 is 9.84 Å². The molecule has 0 saturated heterocycles. The van der Waals surface area contributed by atoms with Crippen LogP contribution in [-0.4, -0.2) is 17.8 Å². The number of ether oxygens (including phenoxy) is 1. The van der Waals surface area contributed by atoms with Crippen molar-refractivity contribution in [1.82, 2.24) is 0 Å². The summed E-state index contributed by atoms with van der Waals surface area (Å²) in [5, 5.41) is 12.9. The summed E-state index contributed by atoms with van der Waals surface area (Å²) in [4.78, 5) is 10.4. The Morgan fingerprint density at radius 1 is 1.24 bits per heavy atom. The number of rotatable bonds is 11. The first-order chi connectivity index (χ1) is 10.2. The lowest BCUT2D eigenvalue weighted by atomic mass is 10.1. The quantitative estimate of drug-likeness (QED) is 0.487. The lowest BCUT2D eigenvalue weighted by Crippen LogP contribution is -2.18. The number of nitrogens with zero attached hydrogens (tertiary/aromatic N) is 1. The predicted molar refractivity (Wildman–Crippen MR) is 85.6 cm³/mol. The molecule has 0 bridgehead atoms. The molecule has 4 nitrogen and oxygen atoms in total. The van der Waals surface area contributed by atoms with Gasteiger partial charge in [0.05, 0.1) is 6.10 Å². The number of hydrogen-bond donors (Lipinski definition) is 1. The van der Waals surface area contributed by atoms with Crippen LogP contribution in [-0.2, 0) is 6.54 Å². The largest absolute Gasteiger partial charge is 0.490 e. The SMILES string of the molecule is CCCCCCCC(O)COc1c(C)cccc1CN=O. The van der Waals surface area contributed by atoms with E-state index in [0.717, 1.165) is 30.4 Å². The average Bonchev–Trinajstić information content (AvgIpc) is 2.47. The van der Waals surface area contributed by atoms with Crippen LogP contribution in [0.3, 0.4) is 0 Å². The molecule has 0 aliphatic carbocycles. The van der Waals surface area contributed by atoms with Crippen molar-refractivity contribution in [1.29, 1.82) is 0 Å². The van der Waals surface area contributed by atoms with Gasteiger partial charge in [-0.25, -0.2) is 0 Å². The third-order valence-corrected chi connectivity index (χ3v) is 3.59. The van der Waals surface area contributed by atoms with E-state index in [4.69, 9.17) is 4.74 Å². The Balaban J connectivity index is 2.38. The number of benzene rings is 1. The molecule has 0 aromatic heterocycles. The molecule has 0 fully saturated rings. The molecule has 0 saturated carbocycles. The van der Waals surface area contributed by atoms with Crippen LogP contribution in [0.1, 0.15) is 56.6 Å². The zero-order valence-corrected chi connectivity index (χ0v) is 13.2. The molecule has 0 aliphatic heterocycles. The van der Waals surface area contributed by atoms with E-state index in [1.54, 1.807) is 0 Å². The van der Waals surface area contributed by atoms with Crippen LogP contribution in [0, 0.1) is 11.8 Å². The molecule has 1 aromatic rings. The molecule has 1 unspecified atom stereocenters. The molecule has 1 aromatic carbocycles. The van der Waals surface area contributed by atoms with Crippen LogP contribution >= 0.6 is 0 Å². The van der Waals surface area contributed by atoms with Crippen LogP contribution < -0.4 is 4.74 Å². The Morgan fingerprint density at radius 3 is 2.71 bits per heavy atom. The number of nitroso groups, excluding NO2 is 1. The van der Waals surface area contributed by atoms with Gasteiger partial charge in [-0.3, -0.25) is 0 Å². The van der Waals surface area contributed by atoms with E-state index in [9.17, 15) is 10.0 Å². The number of aliphatic hydroxyl groups excluding tert-OH is 1. The van der Waals surface area contributed by atoms with E-state index in [0.29, 0.717) is 5.75 Å². The van der Waals surface area contributed by atoms with E-state index < -0.39 is 6.10 Å². The number of aliphatic hydroxyl groups is 1. The zero-order chi connectivity index (χ0) is 15.5. The molecule has 0 spiro atoms. The van der Waals surface area contributed by atoms with Gasteiger partial charge in [0.25, 0.3) is 0 Å². The maximum atomic E-state index is 10.4. The minimum absolute atomic E-state index is 0.101. The molecule has 0 aliphatic rings. The van der Waals surface area contributed by atoms with Crippen LogP contribution in [0.5, 0.6) is 5.75 Å². The Morgan fingerprint density at radius 2 is 2.00 bits per heavy atom. The lowest BCUT2D eigenvalue weighted by Gasteiger charge is -2.16. The monoisotopic (exact) mass is 293 g/mol. The Bertz CT molecular complexity index is 420. The maximum Gasteiger partial charge on any atom is 0.127 e. The molecular formula is C17H27NO3. The van der Waals surface area contributed by atoms with Crippen LogP contribution in [0.15, 0.2) is 23.4 Å². The van der Waals surface area contributed by atoms with E-state index in [-0.39, 0.29) is 13.2 Å². The molecule has 21 heavy (non-hydrogen) atoms. The van der Waals surface area contributed by atoms with Crippen LogP contribution in [0.25, 0.3) is 0 Å². The maximum absolute atomic E-state index is 10.4. The summed E-state index contributed by atoms with van der Waals surface area (Å²) in [5.41, 5.74) is 1.74. The molecule has 0 amide bonds. The second-order valence-corrected chi connectivity index (χ2v) is 5.52. The molecule has 1 rings (SSSR count). The highest BCUT2D eigenvalue weighted by Crippen LogP contribution is 2.24. The van der Waals surface area contributed by atoms with E-state index in [1.165, 1.54) is 19.3 Å². The summed E-state index contributed by atoms with van der Waals surface area (Å²) >= 11 is 0. The normalized spacial score (nSPS) is 12.1. The standard InChI is InChI=1S/C17H27NO3/c1-3-4-5-6-7-11-16(19)13-21-17-14(2)9-8-10-15(17)12-18-20/h8-10,16,19H,3-7,11-13H2,1-2H3. The van der Waals surface area contributed by atoms with Gasteiger partial charge in [0, 0.05) is 5.56 Å². The molecule has 0 heterocycles. The predicted octanol–water partition coefficient (Wildman–Crippen LogP) is 4.36. The minimum atomic E-state index is -0.455. The third kappa shape index (κ3) is 6.71. The van der Waals surface area contributed by atoms with Gasteiger partial charge >= 0.3 is 0 Å². The second-order valence-electron chi connectivity index (χ2n) is 5.52. The summed E-state index contributed by atoms with van der Waals surface area (Å²) in [6, 6.07) is 5.65. The Labute approximate surface area is 127 Å². The summed E-state index contributed by atoms with van der Waals surface area (Å²) in [5.74, 6) is 0.683. The van der Waals surface area contributed by atoms with Crippen molar-refractivity contribution in [3.63, 3.8) is 0 Å². The van der Waals surface area contributed by atoms with Gasteiger partial charge in [-0.15, -0.1) is 0 Å². The first-order valence-electron chi connectivity index (χ1n) is 7.87. The molecular weight excluding hydrogens is 266 g/mol. The Hall–Kier alpha value is -1.42. The van der Waals surface area contributed by atoms with Crippen molar-refractivity contribution in [2.45, 2.75) is 65.0 Å². The summed E-state index contributed by atoms with van der Waals surface area (Å²) in [6.07, 6.45) is 6.22. The van der Waals surface area contributed by atoms with Gasteiger partial charge in [-0.2, -0.15) is 4.91 Å². The highest BCUT2D eigenvalue weighted by atomic mass is 16.5. The highest BCUT2D eigenvalue weighted by Gasteiger charge is 2.10. The summed E-state index contributed by atoms with van der Waals surface area (Å²) in [6.45, 7) is 4.49. The first-order valence-corrected chi connectivity index (χ1v) is 7.87. The number of aryl methyl sites for hydroxylation is 1. The average molecular weight is 293 g/mol. The van der Waals surface area contributed by atoms with Crippen molar-refractivity contribution in [2.24, 2.45) is 5.18 Å². The highest BCUT2D eigenvalue weighted by molar-refractivity contribution is 5.40. The van der Waals surface area contributed by atoms with Gasteiger partial charge in [-0.1, -0.05) is 62.4 Å². The van der Waals surface area contributed by atoms with Gasteiger partial charge < -0.3 is 9.84 Å². The van der Waals surface area contributed by atoms with Crippen molar-refractivity contribution in [2.75, 3.05) is 6.61 Å². The zero-order valence-electron chi connectivity index (χ0n) is 13.2. The van der Waals surface area contributed by atoms with Crippen molar-refractivity contribution in [3.8, 4) is 5.75 Å². The van der Waals surface area contributed by atoms with E-state index >= 15 is 0 Å². The van der Waals surface area contributed by atoms with E-state index in [2.05, 4.69) is 12.1 Å². The molecule has 1 atom stereocenters. The Kier molecular flexibility index (Phi) is 8.67. The molecule has 4 heteroatoms. The van der Waals surface area contributed by atoms with Gasteiger partial charge in [-0.05, 0) is 18.9 Å². The molecule has 1 N–H and O–H groups in total. The third-order valence-electron chi connectivity index (χ3n) is 3.59. The second kappa shape index (κ2) is 10.3. The fourth-order valence-corrected chi connectivity index (χ4v) is 2.36. The number of unbranched alkanes of at least 4 members (excludes halogenated alkanes) is 4. The first kappa shape index (κ1) is 17.6. The van der Waals surface area contributed by atoms with Crippen molar-refractivity contribution in [3.05, 3.63) is 34.2 Å². The number of hydrogen-bond acceptors (Lipinski definition) is 4. The van der Waals surface area contributed by atoms with Gasteiger partial charge in [0.1, 0.15) is 18.9 Å². The fraction of sp³-hybridized carbons (Fsp3) is 0.647. The minimum Gasteiger partial charge on any atom is -0.490 e. The lowest BCUT2D eigenvalue weighted by molar-refractivity contribution is 0.0966. The number of para-hydroxylation sites is 1. The smallest absolute Gasteiger partial charge is 0.127 e. The van der Waals surface area contributed by atoms with Gasteiger partial charge in [0.15, 0.2) is 0 Å². The van der Waals surface area contributed by atoms with E-state index in [1.807, 2.05) is 25.1 Å². The van der Waals surface area contributed by atoms with Crippen molar-refractivity contribution >= 4 is 0 Å². The van der Waals surface area contributed by atoms with Crippen LogP contribution in [0.2, 0.25) is 0 Å². The molecule has 118 valence electrons. The summed E-state index contributed by atoms with van der Waals surface area (Å²) < 4.78 is 5.71. The van der Waals surface area contributed by atoms with Crippen LogP contribution in [0.4, 0.5) is 0 Å². The topological polar surface area (TPSA) is 58.9 Å².